The molecular weight excluding hydrogens is 583 g/mol. The van der Waals surface area contributed by atoms with Gasteiger partial charge in [0, 0.05) is 16.5 Å². The van der Waals surface area contributed by atoms with Gasteiger partial charge in [-0.05, 0) is 79.3 Å². The third-order valence-electron chi connectivity index (χ3n) is 5.54. The number of hydrogen-bond donors (Lipinski definition) is 1. The predicted octanol–water partition coefficient (Wildman–Crippen LogP) is 4.49. The van der Waals surface area contributed by atoms with Crippen LogP contribution >= 0.6 is 22.6 Å². The molecule has 1 N–H and O–H groups in total. The highest BCUT2D eigenvalue weighted by Gasteiger charge is 2.28. The molecule has 2 aliphatic rings. The van der Waals surface area contributed by atoms with E-state index in [1.54, 1.807) is 19.1 Å². The number of benzene rings is 1. The Morgan fingerprint density at radius 3 is 2.71 bits per heavy atom. The molecule has 0 atom stereocenters. The number of allylic oxidation sites excluding steroid dienone is 2. The molecule has 3 rings (SSSR count). The second kappa shape index (κ2) is 12.1. The second-order valence-electron chi connectivity index (χ2n) is 8.85. The van der Waals surface area contributed by atoms with E-state index in [0.717, 1.165) is 28.4 Å². The Balaban J connectivity index is 1.86. The molecule has 35 heavy (non-hydrogen) atoms. The van der Waals surface area contributed by atoms with Gasteiger partial charge in [0.15, 0.2) is 0 Å². The van der Waals surface area contributed by atoms with Gasteiger partial charge in [0.2, 0.25) is 5.91 Å². The first-order valence-corrected chi connectivity index (χ1v) is 14.2. The molecule has 0 radical (unpaired) electrons. The molecular formula is C24H31IN4O5S. The van der Waals surface area contributed by atoms with Crippen LogP contribution in [-0.4, -0.2) is 50.0 Å². The van der Waals surface area contributed by atoms with Gasteiger partial charge in [-0.25, -0.2) is 9.80 Å². The molecule has 0 saturated heterocycles. The van der Waals surface area contributed by atoms with Crippen molar-refractivity contribution in [2.75, 3.05) is 18.5 Å². The first-order chi connectivity index (χ1) is 16.6. The number of nitrogens with one attached hydrogen (secondary N) is 1. The van der Waals surface area contributed by atoms with E-state index >= 15 is 0 Å². The van der Waals surface area contributed by atoms with Gasteiger partial charge in [0.1, 0.15) is 16.4 Å². The van der Waals surface area contributed by atoms with E-state index in [1.807, 2.05) is 36.4 Å². The monoisotopic (exact) mass is 614 g/mol. The molecule has 1 heterocycles. The number of esters is 1. The summed E-state index contributed by atoms with van der Waals surface area (Å²) in [5, 5.41) is 8.65. The Bertz CT molecular complexity index is 1170. The van der Waals surface area contributed by atoms with E-state index in [2.05, 4.69) is 20.9 Å². The fraction of sp³-hybridized carbons (Fsp3) is 0.500. The van der Waals surface area contributed by atoms with Crippen molar-refractivity contribution in [2.24, 2.45) is 15.4 Å². The highest BCUT2D eigenvalue weighted by Crippen LogP contribution is 2.29. The number of fused-ring (bicyclic) bond motifs is 1. The molecule has 1 amide bonds. The summed E-state index contributed by atoms with van der Waals surface area (Å²) in [5.74, 6) is -0.696. The van der Waals surface area contributed by atoms with E-state index in [1.165, 1.54) is 11.1 Å². The maximum absolute atomic E-state index is 13.3. The number of hydrogen-bond acceptors (Lipinski definition) is 7. The van der Waals surface area contributed by atoms with Crippen LogP contribution in [0.3, 0.4) is 0 Å². The van der Waals surface area contributed by atoms with E-state index in [0.29, 0.717) is 24.4 Å². The lowest BCUT2D eigenvalue weighted by Gasteiger charge is -2.22. The summed E-state index contributed by atoms with van der Waals surface area (Å²) in [6, 6.07) is 4.95. The number of sulfonamides is 1. The maximum Gasteiger partial charge on any atom is 0.354 e. The molecule has 0 aromatic heterocycles. The number of nitrogens with zero attached hydrogens (tertiary/aromatic N) is 3. The zero-order chi connectivity index (χ0) is 25.6. The van der Waals surface area contributed by atoms with E-state index in [9.17, 15) is 18.0 Å². The molecule has 0 spiro atoms. The fourth-order valence-corrected chi connectivity index (χ4v) is 5.60. The lowest BCUT2D eigenvalue weighted by atomic mass is 10.1. The highest BCUT2D eigenvalue weighted by molar-refractivity contribution is 14.1. The minimum absolute atomic E-state index is 0.0182. The third kappa shape index (κ3) is 7.60. The van der Waals surface area contributed by atoms with Crippen LogP contribution in [0.2, 0.25) is 0 Å². The lowest BCUT2D eigenvalue weighted by molar-refractivity contribution is -0.135. The quantitative estimate of drug-likeness (QED) is 0.137. The minimum Gasteiger partial charge on any atom is -0.461 e. The van der Waals surface area contributed by atoms with Crippen LogP contribution in [0.4, 0.5) is 5.69 Å². The summed E-state index contributed by atoms with van der Waals surface area (Å²) in [7, 11) is -3.94. The smallest absolute Gasteiger partial charge is 0.354 e. The van der Waals surface area contributed by atoms with Crippen LogP contribution in [0.25, 0.3) is 0 Å². The molecule has 9 nitrogen and oxygen atoms in total. The van der Waals surface area contributed by atoms with Gasteiger partial charge in [-0.3, -0.25) is 4.79 Å². The number of rotatable bonds is 10. The summed E-state index contributed by atoms with van der Waals surface area (Å²) >= 11 is 2.03. The summed E-state index contributed by atoms with van der Waals surface area (Å²) < 4.78 is 35.1. The van der Waals surface area contributed by atoms with Crippen molar-refractivity contribution in [3.05, 3.63) is 33.4 Å². The van der Waals surface area contributed by atoms with Gasteiger partial charge in [-0.2, -0.15) is 13.5 Å². The summed E-state index contributed by atoms with van der Waals surface area (Å²) in [6.07, 6.45) is 5.65. The molecule has 11 heteroatoms. The SMILES string of the molecule is CCOC(=O)C(CC1=CCCC1)=NN(CCC(C)C)C(=O)CC1=NS(=O)(=O)c2cc(I)ccc2N1. The standard InChI is InChI=1S/C24H31IN4O5S/c1-4-34-24(31)20(13-17-7-5-6-8-17)27-29(12-11-16(2)3)23(30)15-22-26-19-10-9-18(25)14-21(19)35(32,33)28-22/h7,9-10,14,16H,4-6,8,11-13,15H2,1-3H3,(H,26,28). The van der Waals surface area contributed by atoms with Crippen LogP contribution in [0.1, 0.15) is 59.3 Å². The van der Waals surface area contributed by atoms with Gasteiger partial charge in [-0.15, -0.1) is 4.40 Å². The summed E-state index contributed by atoms with van der Waals surface area (Å²) in [6.45, 7) is 6.26. The van der Waals surface area contributed by atoms with Crippen molar-refractivity contribution >= 4 is 61.7 Å². The number of amides is 1. The zero-order valence-electron chi connectivity index (χ0n) is 20.2. The van der Waals surface area contributed by atoms with Gasteiger partial charge in [0.25, 0.3) is 10.0 Å². The molecule has 0 saturated carbocycles. The van der Waals surface area contributed by atoms with Crippen LogP contribution < -0.4 is 5.32 Å². The van der Waals surface area contributed by atoms with E-state index in [4.69, 9.17) is 4.74 Å². The first-order valence-electron chi connectivity index (χ1n) is 11.7. The number of halogens is 1. The van der Waals surface area contributed by atoms with Crippen LogP contribution in [0.15, 0.2) is 44.2 Å². The number of anilines is 1. The Morgan fingerprint density at radius 2 is 2.06 bits per heavy atom. The Morgan fingerprint density at radius 1 is 1.29 bits per heavy atom. The molecule has 0 bridgehead atoms. The number of hydrazone groups is 1. The van der Waals surface area contributed by atoms with Gasteiger partial charge in [0.05, 0.1) is 18.7 Å². The van der Waals surface area contributed by atoms with Crippen molar-refractivity contribution in [1.29, 1.82) is 0 Å². The molecule has 1 aromatic carbocycles. The third-order valence-corrected chi connectivity index (χ3v) is 7.56. The maximum atomic E-state index is 13.3. The van der Waals surface area contributed by atoms with Crippen molar-refractivity contribution in [3.8, 4) is 0 Å². The van der Waals surface area contributed by atoms with Gasteiger partial charge in [-0.1, -0.05) is 25.5 Å². The van der Waals surface area contributed by atoms with E-state index < -0.39 is 21.9 Å². The Kier molecular flexibility index (Phi) is 9.45. The van der Waals surface area contributed by atoms with E-state index in [-0.39, 0.29) is 36.0 Å². The lowest BCUT2D eigenvalue weighted by Crippen LogP contribution is -2.35. The molecule has 1 aliphatic heterocycles. The van der Waals surface area contributed by atoms with Crippen molar-refractivity contribution in [2.45, 2.75) is 64.2 Å². The number of amidine groups is 1. The second-order valence-corrected chi connectivity index (χ2v) is 11.7. The Hall–Kier alpha value is -2.28. The zero-order valence-corrected chi connectivity index (χ0v) is 23.2. The highest BCUT2D eigenvalue weighted by atomic mass is 127. The molecule has 1 aromatic rings. The largest absolute Gasteiger partial charge is 0.461 e. The number of carbonyl (C=O) groups excluding carboxylic acids is 2. The average molecular weight is 615 g/mol. The van der Waals surface area contributed by atoms with Crippen molar-refractivity contribution in [3.63, 3.8) is 0 Å². The van der Waals surface area contributed by atoms with Crippen LogP contribution in [-0.2, 0) is 24.3 Å². The first kappa shape index (κ1) is 27.3. The van der Waals surface area contributed by atoms with Gasteiger partial charge < -0.3 is 10.1 Å². The van der Waals surface area contributed by atoms with Crippen LogP contribution in [0.5, 0.6) is 0 Å². The van der Waals surface area contributed by atoms with Crippen molar-refractivity contribution in [1.82, 2.24) is 5.01 Å². The fourth-order valence-electron chi connectivity index (χ4n) is 3.73. The molecule has 0 unspecified atom stereocenters. The number of ether oxygens (including phenoxy) is 1. The summed E-state index contributed by atoms with van der Waals surface area (Å²) in [4.78, 5) is 26.0. The van der Waals surface area contributed by atoms with Gasteiger partial charge >= 0.3 is 5.97 Å². The average Bonchev–Trinajstić information content (AvgIpc) is 3.29. The minimum atomic E-state index is -3.94. The summed E-state index contributed by atoms with van der Waals surface area (Å²) in [5.41, 5.74) is 1.65. The normalized spacial score (nSPS) is 16.8. The number of carbonyl (C=O) groups is 2. The Labute approximate surface area is 220 Å². The molecule has 190 valence electrons. The van der Waals surface area contributed by atoms with Crippen molar-refractivity contribution < 1.29 is 22.7 Å². The molecule has 1 aliphatic carbocycles. The van der Waals surface area contributed by atoms with Crippen LogP contribution in [0, 0.1) is 9.49 Å². The predicted molar refractivity (Wildman–Crippen MR) is 144 cm³/mol. The molecule has 0 fully saturated rings. The topological polar surface area (TPSA) is 118 Å².